The number of ether oxygens (including phenoxy) is 2. The molecule has 68 heavy (non-hydrogen) atoms. The third kappa shape index (κ3) is 11.0. The van der Waals surface area contributed by atoms with Gasteiger partial charge in [-0.2, -0.15) is 13.2 Å². The van der Waals surface area contributed by atoms with Crippen molar-refractivity contribution < 1.29 is 51.0 Å². The summed E-state index contributed by atoms with van der Waals surface area (Å²) in [6, 6.07) is 5.28. The summed E-state index contributed by atoms with van der Waals surface area (Å²) in [5.74, 6) is -4.35. The number of nitrogens with zero attached hydrogens (tertiary/aromatic N) is 6. The first-order valence-electron chi connectivity index (χ1n) is 22.6. The first-order valence-corrected chi connectivity index (χ1v) is 23.9. The van der Waals surface area contributed by atoms with Crippen molar-refractivity contribution in [3.05, 3.63) is 58.2 Å². The molecule has 0 radical (unpaired) electrons. The number of amides is 4. The van der Waals surface area contributed by atoms with Gasteiger partial charge in [0.1, 0.15) is 24.7 Å². The molecule has 6 atom stereocenters. The number of likely N-dealkylation sites (tertiary alicyclic amines) is 1. The smallest absolute Gasteiger partial charge is 0.406 e. The summed E-state index contributed by atoms with van der Waals surface area (Å²) in [6.07, 6.45) is -2.52. The number of carbonyl (C=O) groups is 5. The number of benzene rings is 1. The van der Waals surface area contributed by atoms with Crippen LogP contribution in [0.3, 0.4) is 0 Å². The molecule has 2 fully saturated rings. The number of hydrazine groups is 1. The van der Waals surface area contributed by atoms with E-state index < -0.39 is 89.4 Å². The summed E-state index contributed by atoms with van der Waals surface area (Å²) in [5, 5.41) is 6.94. The Labute approximate surface area is 400 Å². The molecule has 4 aromatic rings. The zero-order valence-corrected chi connectivity index (χ0v) is 40.6. The predicted octanol–water partition coefficient (Wildman–Crippen LogP) is 6.61. The topological polar surface area (TPSA) is 168 Å². The number of rotatable bonds is 10. The van der Waals surface area contributed by atoms with Gasteiger partial charge in [0.05, 0.1) is 40.7 Å². The molecule has 6 heterocycles. The number of hydrogen-bond acceptors (Lipinski definition) is 11. The number of nitrogens with one attached hydrogen (secondary N) is 2. The van der Waals surface area contributed by atoms with Gasteiger partial charge in [-0.3, -0.25) is 34.0 Å². The van der Waals surface area contributed by atoms with Gasteiger partial charge >= 0.3 is 12.1 Å². The van der Waals surface area contributed by atoms with Crippen LogP contribution in [0.15, 0.2) is 41.9 Å². The molecule has 21 heteroatoms. The minimum Gasteiger partial charge on any atom is -0.464 e. The van der Waals surface area contributed by atoms with Crippen molar-refractivity contribution >= 4 is 63.4 Å². The lowest BCUT2D eigenvalue weighted by Crippen LogP contribution is -2.62. The van der Waals surface area contributed by atoms with E-state index >= 15 is 0 Å². The number of alkyl halides is 5. The monoisotopic (exact) mass is 988 g/mol. The van der Waals surface area contributed by atoms with E-state index in [0.717, 1.165) is 0 Å². The average molecular weight is 990 g/mol. The molecule has 3 aromatic heterocycles. The Morgan fingerprint density at radius 3 is 2.57 bits per heavy atom. The van der Waals surface area contributed by atoms with Crippen LogP contribution in [0.4, 0.5) is 17.6 Å². The number of fused-ring (bicyclic) bond motifs is 6. The number of carbonyl (C=O) groups excluding carboxylic acids is 5. The SMILES string of the molecule is CO[C@@H](C)c1ncccc1-c1c2c3cc(ccc3n1CC(F)(F)F)-c1csc(n1)C[C@H](NC(=O)[C@H](C(C)C)N(C)C(=O)[C@H]1CCN(C(=O)[C@H](F)Cl)C1)C(=O)N1CCC[C@H](N1)C(=O)OCC(C)(C)C2. The number of esters is 1. The van der Waals surface area contributed by atoms with Crippen LogP contribution >= 0.6 is 22.9 Å². The molecule has 2 N–H and O–H groups in total. The van der Waals surface area contributed by atoms with E-state index in [0.29, 0.717) is 62.5 Å². The first-order chi connectivity index (χ1) is 32.1. The summed E-state index contributed by atoms with van der Waals surface area (Å²) in [4.78, 5) is 80.8. The van der Waals surface area contributed by atoms with Crippen LogP contribution < -0.4 is 10.7 Å². The zero-order valence-electron chi connectivity index (χ0n) is 39.0. The fraction of sp³-hybridized carbons (Fsp3) is 0.553. The highest BCUT2D eigenvalue weighted by Gasteiger charge is 2.42. The highest BCUT2D eigenvalue weighted by Crippen LogP contribution is 2.43. The number of hydrogen-bond donors (Lipinski definition) is 2. The van der Waals surface area contributed by atoms with E-state index in [1.807, 2.05) is 13.8 Å². The number of thiazole rings is 1. The van der Waals surface area contributed by atoms with Gasteiger partial charge in [-0.15, -0.1) is 11.3 Å². The van der Waals surface area contributed by atoms with Gasteiger partial charge in [0.2, 0.25) is 11.8 Å². The number of halogens is 5. The van der Waals surface area contributed by atoms with Crippen molar-refractivity contribution in [2.75, 3.05) is 40.4 Å². The summed E-state index contributed by atoms with van der Waals surface area (Å²) < 4.78 is 70.4. The van der Waals surface area contributed by atoms with Crippen molar-refractivity contribution in [1.82, 2.24) is 40.1 Å². The second-order valence-corrected chi connectivity index (χ2v) is 20.3. The van der Waals surface area contributed by atoms with Gasteiger partial charge < -0.3 is 29.2 Å². The van der Waals surface area contributed by atoms with Crippen molar-refractivity contribution in [3.8, 4) is 22.5 Å². The minimum atomic E-state index is -4.61. The van der Waals surface area contributed by atoms with E-state index in [2.05, 4.69) is 15.7 Å². The third-order valence-corrected chi connectivity index (χ3v) is 13.9. The Bertz CT molecular complexity index is 2550. The average Bonchev–Trinajstić information content (AvgIpc) is 4.04. The van der Waals surface area contributed by atoms with E-state index in [9.17, 15) is 41.5 Å². The maximum absolute atomic E-state index is 14.6. The fourth-order valence-electron chi connectivity index (χ4n) is 9.49. The lowest BCUT2D eigenvalue weighted by atomic mass is 9.84. The Hall–Kier alpha value is -5.18. The number of pyridine rings is 1. The molecule has 0 saturated carbocycles. The van der Waals surface area contributed by atoms with Crippen molar-refractivity contribution in [3.63, 3.8) is 0 Å². The molecular weight excluding hydrogens is 932 g/mol. The molecule has 6 bridgehead atoms. The highest BCUT2D eigenvalue weighted by molar-refractivity contribution is 7.10. The molecular formula is C47H57ClF4N8O7S. The largest absolute Gasteiger partial charge is 0.464 e. The number of cyclic esters (lactones) is 1. The summed E-state index contributed by atoms with van der Waals surface area (Å²) in [6.45, 7) is 7.85. The molecule has 368 valence electrons. The first kappa shape index (κ1) is 50.7. The van der Waals surface area contributed by atoms with E-state index in [1.54, 1.807) is 62.7 Å². The lowest BCUT2D eigenvalue weighted by molar-refractivity contribution is -0.155. The van der Waals surface area contributed by atoms with Crippen LogP contribution in [0.5, 0.6) is 0 Å². The molecule has 2 saturated heterocycles. The van der Waals surface area contributed by atoms with Gasteiger partial charge in [-0.05, 0) is 68.4 Å². The Morgan fingerprint density at radius 1 is 1.13 bits per heavy atom. The van der Waals surface area contributed by atoms with Crippen LogP contribution in [-0.2, 0) is 52.8 Å². The van der Waals surface area contributed by atoms with Crippen molar-refractivity contribution in [2.45, 2.75) is 109 Å². The summed E-state index contributed by atoms with van der Waals surface area (Å²) >= 11 is 6.61. The number of methoxy groups -OCH3 is 1. The molecule has 0 spiro atoms. The molecule has 4 amide bonds. The zero-order chi connectivity index (χ0) is 49.4. The normalized spacial score (nSPS) is 21.6. The number of aromatic nitrogens is 3. The summed E-state index contributed by atoms with van der Waals surface area (Å²) in [5.41, 5.74) is 3.15. The Kier molecular flexibility index (Phi) is 15.2. The number of likely N-dealkylation sites (N-methyl/N-ethyl adjacent to an activating group) is 1. The molecule has 15 nitrogen and oxygen atoms in total. The maximum Gasteiger partial charge on any atom is 0.406 e. The fourth-order valence-corrected chi connectivity index (χ4v) is 10.5. The van der Waals surface area contributed by atoms with Crippen LogP contribution in [0.2, 0.25) is 0 Å². The minimum absolute atomic E-state index is 0.0648. The summed E-state index contributed by atoms with van der Waals surface area (Å²) in [7, 11) is 2.97. The van der Waals surface area contributed by atoms with Crippen LogP contribution in [-0.4, -0.2) is 129 Å². The quantitative estimate of drug-likeness (QED) is 0.100. The van der Waals surface area contributed by atoms with Crippen LogP contribution in [0, 0.1) is 17.3 Å². The van der Waals surface area contributed by atoms with Crippen LogP contribution in [0.1, 0.15) is 76.3 Å². The van der Waals surface area contributed by atoms with E-state index in [1.165, 1.54) is 44.9 Å². The maximum atomic E-state index is 14.6. The van der Waals surface area contributed by atoms with Gasteiger partial charge in [-0.1, -0.05) is 45.4 Å². The van der Waals surface area contributed by atoms with E-state index in [4.69, 9.17) is 26.1 Å². The lowest BCUT2D eigenvalue weighted by Gasteiger charge is -2.36. The molecule has 0 aliphatic carbocycles. The second kappa shape index (κ2) is 20.4. The van der Waals surface area contributed by atoms with Gasteiger partial charge in [-0.25, -0.2) is 14.8 Å². The third-order valence-electron chi connectivity index (χ3n) is 12.9. The van der Waals surface area contributed by atoms with Crippen molar-refractivity contribution in [2.24, 2.45) is 17.3 Å². The van der Waals surface area contributed by atoms with Gasteiger partial charge in [0.15, 0.2) is 0 Å². The van der Waals surface area contributed by atoms with E-state index in [-0.39, 0.29) is 45.5 Å². The predicted molar refractivity (Wildman–Crippen MR) is 247 cm³/mol. The molecule has 3 aliphatic heterocycles. The standard InChI is InChI=1S/C47H57ClF4N8O7S/c1-25(2)38(57(6)42(62)28-14-17-58(21-28)44(64)40(48)49)41(61)55-33-19-36-54-34(22-68-36)27-12-13-35-30(18-27)31(20-46(4,5)24-67-45(65)32-11-9-16-60(56-32)43(33)63)39(59(35)23-47(50,51)52)29-10-8-15-53-37(29)26(3)66-7/h8,10,12-13,15,18,22,25-26,28,32-33,38,40,56H,9,11,14,16-17,19-21,23-24H2,1-7H3,(H,55,61)/t26-,28-,32-,33-,38-,40-/m0/s1. The van der Waals surface area contributed by atoms with Crippen LogP contribution in [0.25, 0.3) is 33.4 Å². The van der Waals surface area contributed by atoms with Gasteiger partial charge in [0, 0.05) is 79.2 Å². The molecule has 0 unspecified atom stereocenters. The Morgan fingerprint density at radius 2 is 1.88 bits per heavy atom. The highest BCUT2D eigenvalue weighted by atomic mass is 35.5. The Balaban J connectivity index is 1.29. The molecule has 1 aromatic carbocycles. The molecule has 3 aliphatic rings. The van der Waals surface area contributed by atoms with Gasteiger partial charge in [0.25, 0.3) is 17.4 Å². The second-order valence-electron chi connectivity index (χ2n) is 18.9. The molecule has 7 rings (SSSR count). The van der Waals surface area contributed by atoms with Crippen molar-refractivity contribution in [1.29, 1.82) is 0 Å².